The largest absolute Gasteiger partial charge is 0.508 e. The van der Waals surface area contributed by atoms with Gasteiger partial charge >= 0.3 is 12.1 Å². The standard InChI is InChI=1S/C34H45N5O12/c1-8-9-10-39(33(48)51-16(3)50-15(2)40)14-22(41)36-20-13-21(37(4)5)18-11-17-12-19-26(38(6)7)29(44)25(32(35)47)31(46)34(19,49)30(45)23(17)28(43)24(18)27(20)42/h13,16-17,19,26,42-43,46,49H,8-12,14H2,1-7H3,(H2,35,47)(H,36,41)/t16?,17-,19-,26-,34-/m0/s1. The van der Waals surface area contributed by atoms with E-state index in [0.29, 0.717) is 24.1 Å². The van der Waals surface area contributed by atoms with Gasteiger partial charge in [-0.3, -0.25) is 33.8 Å². The number of amides is 3. The predicted molar refractivity (Wildman–Crippen MR) is 181 cm³/mol. The van der Waals surface area contributed by atoms with Gasteiger partial charge in [0.05, 0.1) is 17.3 Å². The zero-order valence-electron chi connectivity index (χ0n) is 29.6. The fourth-order valence-corrected chi connectivity index (χ4v) is 7.21. The van der Waals surface area contributed by atoms with E-state index in [0.717, 1.165) is 11.8 Å². The molecule has 4 rings (SSSR count). The number of carbonyl (C=O) groups is 6. The molecule has 5 atom stereocenters. The topological polar surface area (TPSA) is 250 Å². The zero-order chi connectivity index (χ0) is 38.3. The maximum atomic E-state index is 14.2. The molecule has 0 aromatic heterocycles. The molecule has 278 valence electrons. The number of carbonyl (C=O) groups excluding carboxylic acids is 6. The number of nitrogens with zero attached hydrogens (tertiary/aromatic N) is 3. The molecule has 3 aliphatic rings. The molecule has 17 nitrogen and oxygen atoms in total. The Morgan fingerprint density at radius 1 is 1.10 bits per heavy atom. The number of nitrogens with one attached hydrogen (secondary N) is 1. The summed E-state index contributed by atoms with van der Waals surface area (Å²) in [7, 11) is 6.40. The molecule has 1 saturated carbocycles. The first kappa shape index (κ1) is 38.6. The van der Waals surface area contributed by atoms with Gasteiger partial charge < -0.3 is 45.9 Å². The molecule has 1 fully saturated rings. The predicted octanol–water partition coefficient (Wildman–Crippen LogP) is 1.12. The van der Waals surface area contributed by atoms with Gasteiger partial charge in [-0.25, -0.2) is 4.79 Å². The van der Waals surface area contributed by atoms with Crippen LogP contribution < -0.4 is 16.0 Å². The number of phenolic OH excluding ortho intramolecular Hbond substituents is 1. The molecule has 0 radical (unpaired) electrons. The van der Waals surface area contributed by atoms with Crippen LogP contribution in [0.1, 0.15) is 51.2 Å². The van der Waals surface area contributed by atoms with Crippen molar-refractivity contribution in [2.45, 2.75) is 64.4 Å². The van der Waals surface area contributed by atoms with Crippen molar-refractivity contribution >= 4 is 52.6 Å². The second kappa shape index (κ2) is 14.6. The van der Waals surface area contributed by atoms with Crippen LogP contribution in [0, 0.1) is 11.8 Å². The van der Waals surface area contributed by atoms with Crippen LogP contribution in [0.5, 0.6) is 5.75 Å². The Hall–Kier alpha value is -5.16. The summed E-state index contributed by atoms with van der Waals surface area (Å²) >= 11 is 0. The minimum Gasteiger partial charge on any atom is -0.508 e. The van der Waals surface area contributed by atoms with Crippen LogP contribution in [0.2, 0.25) is 0 Å². The molecular weight excluding hydrogens is 670 g/mol. The summed E-state index contributed by atoms with van der Waals surface area (Å²) in [6.07, 6.45) is -0.992. The molecule has 0 aliphatic heterocycles. The van der Waals surface area contributed by atoms with Crippen molar-refractivity contribution in [3.05, 3.63) is 34.1 Å². The lowest BCUT2D eigenvalue weighted by molar-refractivity contribution is -0.163. The molecule has 0 bridgehead atoms. The lowest BCUT2D eigenvalue weighted by atomic mass is 9.57. The summed E-state index contributed by atoms with van der Waals surface area (Å²) in [5.41, 5.74) is 1.76. The number of likely N-dealkylation sites (N-methyl/N-ethyl adjacent to an activating group) is 1. The zero-order valence-corrected chi connectivity index (χ0v) is 29.6. The number of phenols is 1. The number of hydrogen-bond acceptors (Lipinski definition) is 14. The van der Waals surface area contributed by atoms with E-state index < -0.39 is 94.6 Å². The van der Waals surface area contributed by atoms with Crippen molar-refractivity contribution in [2.24, 2.45) is 17.6 Å². The average molecular weight is 716 g/mol. The number of aliphatic hydroxyl groups is 3. The monoisotopic (exact) mass is 715 g/mol. The molecule has 0 saturated heterocycles. The third-order valence-corrected chi connectivity index (χ3v) is 9.43. The third kappa shape index (κ3) is 6.95. The number of Topliss-reactive ketones (excluding diaryl/α,β-unsaturated/α-hetero) is 2. The summed E-state index contributed by atoms with van der Waals surface area (Å²) in [4.78, 5) is 81.4. The van der Waals surface area contributed by atoms with E-state index in [2.05, 4.69) is 5.32 Å². The minimum atomic E-state index is -2.81. The van der Waals surface area contributed by atoms with Crippen LogP contribution in [-0.2, 0) is 39.9 Å². The molecule has 7 N–H and O–H groups in total. The molecule has 51 heavy (non-hydrogen) atoms. The number of fused-ring (bicyclic) bond motifs is 3. The van der Waals surface area contributed by atoms with Gasteiger partial charge in [0.2, 0.25) is 18.0 Å². The van der Waals surface area contributed by atoms with Crippen LogP contribution in [-0.4, -0.2) is 125 Å². The Morgan fingerprint density at radius 3 is 2.29 bits per heavy atom. The molecule has 0 heterocycles. The highest BCUT2D eigenvalue weighted by molar-refractivity contribution is 6.24. The van der Waals surface area contributed by atoms with E-state index in [9.17, 15) is 49.2 Å². The van der Waals surface area contributed by atoms with Gasteiger partial charge in [-0.2, -0.15) is 0 Å². The highest BCUT2D eigenvalue weighted by atomic mass is 16.7. The number of nitrogens with two attached hydrogens (primary N) is 1. The summed E-state index contributed by atoms with van der Waals surface area (Å²) < 4.78 is 9.99. The van der Waals surface area contributed by atoms with Gasteiger partial charge in [0.1, 0.15) is 29.4 Å². The van der Waals surface area contributed by atoms with Gasteiger partial charge in [0.15, 0.2) is 11.4 Å². The van der Waals surface area contributed by atoms with Gasteiger partial charge in [-0.15, -0.1) is 0 Å². The molecule has 1 aromatic rings. The fraction of sp³-hybridized carbons (Fsp3) is 0.529. The average Bonchev–Trinajstić information content (AvgIpc) is 3.01. The van der Waals surface area contributed by atoms with Gasteiger partial charge in [0.25, 0.3) is 5.91 Å². The van der Waals surface area contributed by atoms with Crippen molar-refractivity contribution in [2.75, 3.05) is 51.5 Å². The Kier molecular flexibility index (Phi) is 11.1. The Bertz CT molecular complexity index is 1730. The molecule has 0 spiro atoms. The Balaban J connectivity index is 1.76. The number of unbranched alkanes of at least 4 members (excludes halogenated alkanes) is 1. The number of primary amides is 1. The maximum Gasteiger partial charge on any atom is 0.413 e. The van der Waals surface area contributed by atoms with Crippen molar-refractivity contribution in [1.82, 2.24) is 9.80 Å². The quantitative estimate of drug-likeness (QED) is 0.0813. The number of aliphatic hydroxyl groups excluding tert-OH is 2. The normalized spacial score (nSPS) is 23.2. The van der Waals surface area contributed by atoms with Crippen LogP contribution in [0.15, 0.2) is 23.0 Å². The molecule has 1 aromatic carbocycles. The van der Waals surface area contributed by atoms with E-state index in [4.69, 9.17) is 15.2 Å². The summed E-state index contributed by atoms with van der Waals surface area (Å²) in [5.74, 6) is -9.37. The number of aromatic hydroxyl groups is 1. The molecule has 17 heteroatoms. The van der Waals surface area contributed by atoms with Crippen LogP contribution >= 0.6 is 0 Å². The second-order valence-electron chi connectivity index (χ2n) is 13.4. The highest BCUT2D eigenvalue weighted by Gasteiger charge is 2.64. The van der Waals surface area contributed by atoms with E-state index >= 15 is 0 Å². The van der Waals surface area contributed by atoms with Crippen LogP contribution in [0.3, 0.4) is 0 Å². The lowest BCUT2D eigenvalue weighted by Crippen LogP contribution is -2.65. The molecule has 3 amide bonds. The van der Waals surface area contributed by atoms with Crippen LogP contribution in [0.4, 0.5) is 16.2 Å². The van der Waals surface area contributed by atoms with E-state index in [1.54, 1.807) is 19.0 Å². The van der Waals surface area contributed by atoms with E-state index in [-0.39, 0.29) is 36.2 Å². The Morgan fingerprint density at radius 2 is 1.75 bits per heavy atom. The van der Waals surface area contributed by atoms with Gasteiger partial charge in [-0.1, -0.05) is 13.3 Å². The molecule has 1 unspecified atom stereocenters. The van der Waals surface area contributed by atoms with Crippen LogP contribution in [0.25, 0.3) is 5.76 Å². The number of ether oxygens (including phenoxy) is 2. The summed E-state index contributed by atoms with van der Waals surface area (Å²) in [6, 6.07) is 0.240. The van der Waals surface area contributed by atoms with Crippen molar-refractivity contribution in [1.29, 1.82) is 0 Å². The highest BCUT2D eigenvalue weighted by Crippen LogP contribution is 2.54. The van der Waals surface area contributed by atoms with E-state index in [1.807, 2.05) is 6.92 Å². The van der Waals surface area contributed by atoms with Crippen molar-refractivity contribution in [3.8, 4) is 5.75 Å². The molecular formula is C34H45N5O12. The van der Waals surface area contributed by atoms with Gasteiger partial charge in [-0.05, 0) is 50.9 Å². The number of benzene rings is 1. The number of ketones is 2. The first-order chi connectivity index (χ1) is 23.8. The minimum absolute atomic E-state index is 0.0427. The fourth-order valence-electron chi connectivity index (χ4n) is 7.21. The number of anilines is 2. The van der Waals surface area contributed by atoms with Crippen molar-refractivity contribution in [3.63, 3.8) is 0 Å². The Labute approximate surface area is 294 Å². The number of rotatable bonds is 11. The number of hydrogen-bond donors (Lipinski definition) is 6. The summed E-state index contributed by atoms with van der Waals surface area (Å²) in [6.45, 7) is 3.96. The first-order valence-corrected chi connectivity index (χ1v) is 16.4. The smallest absolute Gasteiger partial charge is 0.413 e. The lowest BCUT2D eigenvalue weighted by Gasteiger charge is -2.50. The third-order valence-electron chi connectivity index (χ3n) is 9.43. The first-order valence-electron chi connectivity index (χ1n) is 16.4. The second-order valence-corrected chi connectivity index (χ2v) is 13.4. The maximum absolute atomic E-state index is 14.2. The molecule has 3 aliphatic carbocycles. The summed E-state index contributed by atoms with van der Waals surface area (Å²) in [5, 5.41) is 48.7. The van der Waals surface area contributed by atoms with E-state index in [1.165, 1.54) is 32.0 Å². The SMILES string of the molecule is CCCCN(CC(=O)Nc1cc(N(C)C)c2c(c1O)C(O)=C1C(=O)[C@]3(O)C(O)=C(C(N)=O)C(=O)[C@@H](N(C)C)[C@@H]3C[C@@H]1C2)C(=O)OC(C)OC(C)=O. The number of esters is 1. The van der Waals surface area contributed by atoms with Crippen molar-refractivity contribution < 1.29 is 58.7 Å². The van der Waals surface area contributed by atoms with Gasteiger partial charge in [0, 0.05) is 51.7 Å².